The van der Waals surface area contributed by atoms with Gasteiger partial charge in [-0.25, -0.2) is 4.79 Å². The van der Waals surface area contributed by atoms with Crippen LogP contribution in [0.1, 0.15) is 29.0 Å². The molecule has 39 heavy (non-hydrogen) atoms. The van der Waals surface area contributed by atoms with Crippen molar-refractivity contribution in [2.45, 2.75) is 36.9 Å². The maximum Gasteiger partial charge on any atom is 0.407 e. The summed E-state index contributed by atoms with van der Waals surface area (Å²) in [6, 6.07) is 25.3. The summed E-state index contributed by atoms with van der Waals surface area (Å²) in [5.74, 6) is -1.26. The van der Waals surface area contributed by atoms with Gasteiger partial charge in [-0.15, -0.1) is 0 Å². The number of carbonyl (C=O) groups excluding carboxylic acids is 3. The van der Waals surface area contributed by atoms with Crippen molar-refractivity contribution in [1.82, 2.24) is 10.6 Å². The number of amides is 3. The summed E-state index contributed by atoms with van der Waals surface area (Å²) in [4.78, 5) is 37.6. The lowest BCUT2D eigenvalue weighted by Gasteiger charge is -2.29. The third-order valence-corrected chi connectivity index (χ3v) is 6.84. The second-order valence-electron chi connectivity index (χ2n) is 9.42. The first-order valence-electron chi connectivity index (χ1n) is 12.9. The summed E-state index contributed by atoms with van der Waals surface area (Å²) < 4.78 is 10.7. The second-order valence-corrected chi connectivity index (χ2v) is 9.42. The van der Waals surface area contributed by atoms with Crippen LogP contribution in [0.4, 0.5) is 10.5 Å². The van der Waals surface area contributed by atoms with E-state index >= 15 is 0 Å². The zero-order valence-electron chi connectivity index (χ0n) is 21.8. The largest absolute Gasteiger partial charge is 0.453 e. The van der Waals surface area contributed by atoms with Crippen LogP contribution in [-0.4, -0.2) is 56.4 Å². The Bertz CT molecular complexity index is 1210. The number of rotatable bonds is 10. The number of alkyl carbamates (subject to hydrolysis) is 1. The van der Waals surface area contributed by atoms with Crippen molar-refractivity contribution in [2.75, 3.05) is 25.6 Å². The highest BCUT2D eigenvalue weighted by Gasteiger charge is 2.33. The van der Waals surface area contributed by atoms with Gasteiger partial charge in [0.2, 0.25) is 11.8 Å². The van der Waals surface area contributed by atoms with E-state index in [0.29, 0.717) is 25.1 Å². The van der Waals surface area contributed by atoms with Crippen LogP contribution in [0.15, 0.2) is 84.9 Å². The first-order valence-corrected chi connectivity index (χ1v) is 12.9. The summed E-state index contributed by atoms with van der Waals surface area (Å²) in [5.41, 5.74) is 8.69. The summed E-state index contributed by atoms with van der Waals surface area (Å²) in [7, 11) is 1.27. The highest BCUT2D eigenvalue weighted by molar-refractivity contribution is 5.98. The Morgan fingerprint density at radius 2 is 1.59 bits per heavy atom. The number of ether oxygens (including phenoxy) is 2. The van der Waals surface area contributed by atoms with Crippen LogP contribution in [-0.2, 0) is 25.5 Å². The molecule has 0 saturated carbocycles. The quantitative estimate of drug-likeness (QED) is 0.319. The molecule has 204 valence electrons. The first-order chi connectivity index (χ1) is 19.0. The van der Waals surface area contributed by atoms with Crippen LogP contribution in [0.5, 0.6) is 0 Å². The minimum Gasteiger partial charge on any atom is -0.453 e. The van der Waals surface area contributed by atoms with E-state index in [2.05, 4.69) is 16.0 Å². The zero-order valence-corrected chi connectivity index (χ0v) is 21.8. The van der Waals surface area contributed by atoms with E-state index in [1.165, 1.54) is 7.11 Å². The molecule has 3 amide bonds. The van der Waals surface area contributed by atoms with E-state index in [9.17, 15) is 14.4 Å². The van der Waals surface area contributed by atoms with Crippen molar-refractivity contribution in [3.63, 3.8) is 0 Å². The Hall–Kier alpha value is -4.21. The minimum atomic E-state index is -0.952. The first kappa shape index (κ1) is 27.8. The Morgan fingerprint density at radius 1 is 0.974 bits per heavy atom. The lowest BCUT2D eigenvalue weighted by molar-refractivity contribution is -0.124. The van der Waals surface area contributed by atoms with Crippen molar-refractivity contribution in [1.29, 1.82) is 0 Å². The highest BCUT2D eigenvalue weighted by Crippen LogP contribution is 2.30. The van der Waals surface area contributed by atoms with Gasteiger partial charge in [0.05, 0.1) is 19.8 Å². The number of para-hydroxylation sites is 1. The van der Waals surface area contributed by atoms with Crippen LogP contribution >= 0.6 is 0 Å². The minimum absolute atomic E-state index is 0.0846. The van der Waals surface area contributed by atoms with Gasteiger partial charge in [0.15, 0.2) is 0 Å². The van der Waals surface area contributed by atoms with E-state index in [1.807, 2.05) is 84.9 Å². The van der Waals surface area contributed by atoms with Gasteiger partial charge in [-0.2, -0.15) is 0 Å². The Balaban J connectivity index is 1.54. The molecule has 9 nitrogen and oxygen atoms in total. The number of anilines is 1. The molecular formula is C30H34N4O5. The van der Waals surface area contributed by atoms with Gasteiger partial charge in [0.1, 0.15) is 12.1 Å². The molecule has 9 heteroatoms. The van der Waals surface area contributed by atoms with Gasteiger partial charge in [0, 0.05) is 18.2 Å². The Labute approximate surface area is 228 Å². The summed E-state index contributed by atoms with van der Waals surface area (Å²) in [6.07, 6.45) is 0.543. The highest BCUT2D eigenvalue weighted by atomic mass is 16.5. The molecule has 3 aromatic rings. The molecule has 1 saturated heterocycles. The molecule has 5 N–H and O–H groups in total. The smallest absolute Gasteiger partial charge is 0.407 e. The summed E-state index contributed by atoms with van der Waals surface area (Å²) in [5, 5.41) is 8.92. The van der Waals surface area contributed by atoms with E-state index in [0.717, 1.165) is 16.7 Å². The number of morpholine rings is 1. The summed E-state index contributed by atoms with van der Waals surface area (Å²) in [6.45, 7) is 0.753. The molecule has 1 fully saturated rings. The van der Waals surface area contributed by atoms with E-state index < -0.39 is 30.0 Å². The second kappa shape index (κ2) is 13.5. The van der Waals surface area contributed by atoms with Gasteiger partial charge >= 0.3 is 6.09 Å². The normalized spacial score (nSPS) is 17.7. The SMILES string of the molecule is COC(=O)N[C@H](C(=O)Nc1ccccc1CC[C@@H]1CN[C@H](C(N)=O)CO1)C(c1ccccc1)c1ccccc1. The molecule has 1 aliphatic rings. The number of carbonyl (C=O) groups is 3. The fourth-order valence-electron chi connectivity index (χ4n) is 4.76. The van der Waals surface area contributed by atoms with Gasteiger partial charge in [-0.05, 0) is 35.6 Å². The number of aryl methyl sites for hydroxylation is 1. The van der Waals surface area contributed by atoms with Gasteiger partial charge in [-0.3, -0.25) is 9.59 Å². The lowest BCUT2D eigenvalue weighted by Crippen LogP contribution is -2.52. The number of hydrogen-bond donors (Lipinski definition) is 4. The molecule has 1 heterocycles. The predicted molar refractivity (Wildman–Crippen MR) is 148 cm³/mol. The zero-order chi connectivity index (χ0) is 27.6. The van der Waals surface area contributed by atoms with E-state index in [-0.39, 0.29) is 18.6 Å². The van der Waals surface area contributed by atoms with Crippen molar-refractivity contribution in [3.05, 3.63) is 102 Å². The van der Waals surface area contributed by atoms with Crippen molar-refractivity contribution < 1.29 is 23.9 Å². The summed E-state index contributed by atoms with van der Waals surface area (Å²) >= 11 is 0. The van der Waals surface area contributed by atoms with Crippen molar-refractivity contribution in [3.8, 4) is 0 Å². The maximum absolute atomic E-state index is 13.9. The number of benzene rings is 3. The van der Waals surface area contributed by atoms with Crippen LogP contribution in [0.3, 0.4) is 0 Å². The van der Waals surface area contributed by atoms with E-state index in [1.54, 1.807) is 0 Å². The third-order valence-electron chi connectivity index (χ3n) is 6.84. The molecule has 1 aliphatic heterocycles. The molecule has 0 aromatic heterocycles. The van der Waals surface area contributed by atoms with Gasteiger partial charge in [-0.1, -0.05) is 78.9 Å². The third kappa shape index (κ3) is 7.43. The topological polar surface area (TPSA) is 132 Å². The van der Waals surface area contributed by atoms with Crippen LogP contribution in [0.25, 0.3) is 0 Å². The molecule has 0 spiro atoms. The standard InChI is InChI=1S/C30H34N4O5/c1-38-30(37)34-27(26(21-11-4-2-5-12-21)22-13-6-3-7-14-22)29(36)33-24-15-9-8-10-20(24)16-17-23-18-32-25(19-39-23)28(31)35/h2-15,23,25-27,32H,16-19H2,1H3,(H2,31,35)(H,33,36)(H,34,37)/t23-,25+,27+/m1/s1. The van der Waals surface area contributed by atoms with Crippen molar-refractivity contribution >= 4 is 23.6 Å². The fourth-order valence-corrected chi connectivity index (χ4v) is 4.76. The Kier molecular flexibility index (Phi) is 9.66. The van der Waals surface area contributed by atoms with Gasteiger partial charge in [0.25, 0.3) is 0 Å². The average Bonchev–Trinajstić information content (AvgIpc) is 2.97. The lowest BCUT2D eigenvalue weighted by atomic mass is 9.84. The average molecular weight is 531 g/mol. The van der Waals surface area contributed by atoms with Gasteiger partial charge < -0.3 is 31.2 Å². The number of nitrogens with two attached hydrogens (primary N) is 1. The molecule has 0 aliphatic carbocycles. The number of methoxy groups -OCH3 is 1. The maximum atomic E-state index is 13.9. The molecule has 3 atom stereocenters. The fraction of sp³-hybridized carbons (Fsp3) is 0.300. The number of primary amides is 1. The molecule has 0 bridgehead atoms. The van der Waals surface area contributed by atoms with Crippen LogP contribution < -0.4 is 21.7 Å². The number of nitrogens with one attached hydrogen (secondary N) is 3. The monoisotopic (exact) mass is 530 g/mol. The number of hydrogen-bond acceptors (Lipinski definition) is 6. The molecule has 3 aromatic carbocycles. The Morgan fingerprint density at radius 3 is 2.15 bits per heavy atom. The molecular weight excluding hydrogens is 496 g/mol. The van der Waals surface area contributed by atoms with Crippen LogP contribution in [0.2, 0.25) is 0 Å². The molecule has 0 unspecified atom stereocenters. The molecule has 4 rings (SSSR count). The predicted octanol–water partition coefficient (Wildman–Crippen LogP) is 2.96. The van der Waals surface area contributed by atoms with E-state index in [4.69, 9.17) is 15.2 Å². The molecule has 0 radical (unpaired) electrons. The van der Waals surface area contributed by atoms with Crippen LogP contribution in [0, 0.1) is 0 Å². The van der Waals surface area contributed by atoms with Crippen molar-refractivity contribution in [2.24, 2.45) is 5.73 Å².